The Morgan fingerprint density at radius 2 is 0.661 bits per heavy atom. The molecule has 1 unspecified atom stereocenters. The quantitative estimate of drug-likeness (QED) is 0.0263. The molecular formula is C56H88O6. The fraction of sp³-hybridized carbons (Fsp3) is 0.589. The summed E-state index contributed by atoms with van der Waals surface area (Å²) in [6.45, 7) is 6.23. The van der Waals surface area contributed by atoms with Crippen LogP contribution in [0.5, 0.6) is 0 Å². The standard InChI is InChI=1S/C56H88O6/c1-4-7-10-13-16-19-22-25-26-27-28-29-32-34-37-40-43-46-49-55(58)61-52-53(62-56(59)50-47-44-41-38-35-31-24-21-18-15-12-9-6-3)51-60-54(57)48-45-42-39-36-33-30-23-20-17-14-11-8-5-2/h8-9,11-12,17-22,26-27,30-31,33,35,39,41-42,44,53H,4-7,10,13-16,23-25,28-29,32,34,36-38,40,43,45-52H2,1-3H3/b11-8-,12-9-,20-17-,21-18-,22-19-,27-26-,33-30-,35-31-,42-39-,44-41-. The van der Waals surface area contributed by atoms with Gasteiger partial charge in [-0.15, -0.1) is 0 Å². The van der Waals surface area contributed by atoms with Crippen molar-refractivity contribution in [3.8, 4) is 0 Å². The Kier molecular flexibility index (Phi) is 46.1. The fourth-order valence-electron chi connectivity index (χ4n) is 6.09. The molecule has 0 aromatic heterocycles. The molecule has 0 saturated carbocycles. The number of esters is 3. The summed E-state index contributed by atoms with van der Waals surface area (Å²) in [6, 6.07) is 0. The SMILES string of the molecule is CC/C=C\C/C=C\C/C=C\C/C=C\CCC(=O)OCC(COC(=O)CCCCCCCCC/C=C\C/C=C\CCCCCC)OC(=O)CC/C=C\C/C=C\C/C=C\C/C=C\CC. The maximum Gasteiger partial charge on any atom is 0.306 e. The second kappa shape index (κ2) is 49.5. The van der Waals surface area contributed by atoms with E-state index in [0.717, 1.165) is 83.5 Å². The molecule has 62 heavy (non-hydrogen) atoms. The van der Waals surface area contributed by atoms with Crippen LogP contribution in [0.25, 0.3) is 0 Å². The third-order valence-corrected chi connectivity index (χ3v) is 9.71. The van der Waals surface area contributed by atoms with E-state index in [9.17, 15) is 14.4 Å². The smallest absolute Gasteiger partial charge is 0.306 e. The average molecular weight is 857 g/mol. The summed E-state index contributed by atoms with van der Waals surface area (Å²) in [4.78, 5) is 37.8. The molecule has 0 rings (SSSR count). The van der Waals surface area contributed by atoms with Crippen molar-refractivity contribution in [3.05, 3.63) is 122 Å². The van der Waals surface area contributed by atoms with Crippen molar-refractivity contribution in [2.75, 3.05) is 13.2 Å². The maximum absolute atomic E-state index is 12.7. The van der Waals surface area contributed by atoms with Gasteiger partial charge in [0, 0.05) is 19.3 Å². The van der Waals surface area contributed by atoms with Crippen molar-refractivity contribution >= 4 is 17.9 Å². The van der Waals surface area contributed by atoms with E-state index < -0.39 is 12.1 Å². The topological polar surface area (TPSA) is 78.9 Å². The van der Waals surface area contributed by atoms with Gasteiger partial charge >= 0.3 is 17.9 Å². The number of hydrogen-bond donors (Lipinski definition) is 0. The normalized spacial score (nSPS) is 13.1. The minimum Gasteiger partial charge on any atom is -0.462 e. The highest BCUT2D eigenvalue weighted by Crippen LogP contribution is 2.12. The zero-order valence-corrected chi connectivity index (χ0v) is 39.6. The zero-order chi connectivity index (χ0) is 45.1. The molecular weight excluding hydrogens is 769 g/mol. The molecule has 0 heterocycles. The molecule has 0 aromatic carbocycles. The summed E-state index contributed by atoms with van der Waals surface area (Å²) >= 11 is 0. The molecule has 6 heteroatoms. The van der Waals surface area contributed by atoms with E-state index in [0.29, 0.717) is 19.3 Å². The zero-order valence-electron chi connectivity index (χ0n) is 39.6. The van der Waals surface area contributed by atoms with Gasteiger partial charge in [0.1, 0.15) is 13.2 Å². The Hall–Kier alpha value is -4.19. The Morgan fingerprint density at radius 1 is 0.339 bits per heavy atom. The van der Waals surface area contributed by atoms with Gasteiger partial charge in [0.15, 0.2) is 6.10 Å². The van der Waals surface area contributed by atoms with Crippen molar-refractivity contribution in [2.45, 2.75) is 200 Å². The molecule has 0 fully saturated rings. The van der Waals surface area contributed by atoms with Gasteiger partial charge in [0.25, 0.3) is 0 Å². The van der Waals surface area contributed by atoms with Crippen LogP contribution in [0, 0.1) is 0 Å². The summed E-state index contributed by atoms with van der Waals surface area (Å²) in [7, 11) is 0. The number of rotatable bonds is 42. The van der Waals surface area contributed by atoms with Crippen molar-refractivity contribution in [1.82, 2.24) is 0 Å². The Labute approximate surface area is 380 Å². The number of carbonyl (C=O) groups excluding carboxylic acids is 3. The van der Waals surface area contributed by atoms with Crippen molar-refractivity contribution in [1.29, 1.82) is 0 Å². The Bertz CT molecular complexity index is 1350. The van der Waals surface area contributed by atoms with Gasteiger partial charge in [-0.2, -0.15) is 0 Å². The number of unbranched alkanes of at least 4 members (excludes halogenated alkanes) is 11. The van der Waals surface area contributed by atoms with Crippen molar-refractivity contribution in [2.24, 2.45) is 0 Å². The molecule has 0 aliphatic carbocycles. The first-order chi connectivity index (χ1) is 30.5. The summed E-state index contributed by atoms with van der Waals surface area (Å²) in [5.74, 6) is -1.12. The highest BCUT2D eigenvalue weighted by molar-refractivity contribution is 5.71. The lowest BCUT2D eigenvalue weighted by molar-refractivity contribution is -0.166. The third-order valence-electron chi connectivity index (χ3n) is 9.71. The molecule has 0 radical (unpaired) electrons. The monoisotopic (exact) mass is 857 g/mol. The Balaban J connectivity index is 4.56. The maximum atomic E-state index is 12.7. The second-order valence-electron chi connectivity index (χ2n) is 15.6. The van der Waals surface area contributed by atoms with Gasteiger partial charge in [-0.05, 0) is 103 Å². The van der Waals surface area contributed by atoms with Gasteiger partial charge in [0.2, 0.25) is 0 Å². The van der Waals surface area contributed by atoms with Crippen LogP contribution >= 0.6 is 0 Å². The van der Waals surface area contributed by atoms with E-state index in [2.05, 4.69) is 118 Å². The highest BCUT2D eigenvalue weighted by Gasteiger charge is 2.19. The number of ether oxygens (including phenoxy) is 3. The summed E-state index contributed by atoms with van der Waals surface area (Å²) in [5.41, 5.74) is 0. The molecule has 0 N–H and O–H groups in total. The fourth-order valence-corrected chi connectivity index (χ4v) is 6.09. The first-order valence-corrected chi connectivity index (χ1v) is 24.5. The van der Waals surface area contributed by atoms with E-state index in [4.69, 9.17) is 14.2 Å². The molecule has 0 bridgehead atoms. The van der Waals surface area contributed by atoms with Crippen molar-refractivity contribution in [3.63, 3.8) is 0 Å². The summed E-state index contributed by atoms with van der Waals surface area (Å²) in [5, 5.41) is 0. The summed E-state index contributed by atoms with van der Waals surface area (Å²) < 4.78 is 16.6. The molecule has 0 aromatic rings. The molecule has 0 saturated heterocycles. The first-order valence-electron chi connectivity index (χ1n) is 24.5. The van der Waals surface area contributed by atoms with E-state index >= 15 is 0 Å². The van der Waals surface area contributed by atoms with Crippen LogP contribution in [0.15, 0.2) is 122 Å². The predicted octanol–water partition coefficient (Wildman–Crippen LogP) is 16.1. The van der Waals surface area contributed by atoms with Crippen LogP contribution in [0.2, 0.25) is 0 Å². The second-order valence-corrected chi connectivity index (χ2v) is 15.6. The van der Waals surface area contributed by atoms with E-state index in [1.165, 1.54) is 57.8 Å². The first kappa shape index (κ1) is 57.8. The number of hydrogen-bond acceptors (Lipinski definition) is 6. The van der Waals surface area contributed by atoms with Gasteiger partial charge < -0.3 is 14.2 Å². The van der Waals surface area contributed by atoms with Crippen LogP contribution in [-0.4, -0.2) is 37.2 Å². The number of carbonyl (C=O) groups is 3. The van der Waals surface area contributed by atoms with Crippen molar-refractivity contribution < 1.29 is 28.6 Å². The molecule has 0 amide bonds. The van der Waals surface area contributed by atoms with Crippen LogP contribution < -0.4 is 0 Å². The molecule has 348 valence electrons. The predicted molar refractivity (Wildman–Crippen MR) is 265 cm³/mol. The Morgan fingerprint density at radius 3 is 1.08 bits per heavy atom. The van der Waals surface area contributed by atoms with Crippen LogP contribution in [0.3, 0.4) is 0 Å². The van der Waals surface area contributed by atoms with Crippen LogP contribution in [-0.2, 0) is 28.6 Å². The third kappa shape index (κ3) is 46.9. The molecule has 1 atom stereocenters. The summed E-state index contributed by atoms with van der Waals surface area (Å²) in [6.07, 6.45) is 67.8. The molecule has 6 nitrogen and oxygen atoms in total. The van der Waals surface area contributed by atoms with E-state index in [1.54, 1.807) is 0 Å². The van der Waals surface area contributed by atoms with Crippen LogP contribution in [0.1, 0.15) is 194 Å². The lowest BCUT2D eigenvalue weighted by atomic mass is 10.1. The van der Waals surface area contributed by atoms with Gasteiger partial charge in [-0.25, -0.2) is 0 Å². The van der Waals surface area contributed by atoms with Gasteiger partial charge in [-0.3, -0.25) is 14.4 Å². The lowest BCUT2D eigenvalue weighted by Crippen LogP contribution is -2.30. The average Bonchev–Trinajstić information content (AvgIpc) is 3.27. The van der Waals surface area contributed by atoms with Crippen LogP contribution in [0.4, 0.5) is 0 Å². The number of allylic oxidation sites excluding steroid dienone is 20. The minimum atomic E-state index is -0.850. The molecule has 0 spiro atoms. The highest BCUT2D eigenvalue weighted by atomic mass is 16.6. The van der Waals surface area contributed by atoms with Gasteiger partial charge in [0.05, 0.1) is 0 Å². The molecule has 0 aliphatic rings. The lowest BCUT2D eigenvalue weighted by Gasteiger charge is -2.18. The molecule has 0 aliphatic heterocycles. The largest absolute Gasteiger partial charge is 0.462 e. The van der Waals surface area contributed by atoms with Gasteiger partial charge in [-0.1, -0.05) is 194 Å². The van der Waals surface area contributed by atoms with E-state index in [-0.39, 0.29) is 38.0 Å². The van der Waals surface area contributed by atoms with E-state index in [1.807, 2.05) is 24.3 Å². The minimum absolute atomic E-state index is 0.136.